The second kappa shape index (κ2) is 6.37. The molecular formula is C14H25NO4. The molecule has 110 valence electrons. The maximum absolute atomic E-state index is 11.9. The number of hydrogen-bond donors (Lipinski definition) is 3. The number of carboxylic acid groups (broad SMARTS) is 1. The Kier molecular flexibility index (Phi) is 5.35. The summed E-state index contributed by atoms with van der Waals surface area (Å²) in [6, 6.07) is 0. The van der Waals surface area contributed by atoms with E-state index in [1.165, 1.54) is 0 Å². The summed E-state index contributed by atoms with van der Waals surface area (Å²) in [4.78, 5) is 23.4. The topological polar surface area (TPSA) is 86.6 Å². The van der Waals surface area contributed by atoms with Crippen molar-refractivity contribution >= 4 is 11.9 Å². The van der Waals surface area contributed by atoms with Crippen LogP contribution in [0.15, 0.2) is 0 Å². The summed E-state index contributed by atoms with van der Waals surface area (Å²) < 4.78 is 0. The largest absolute Gasteiger partial charge is 0.481 e. The van der Waals surface area contributed by atoms with Crippen molar-refractivity contribution in [3.8, 4) is 0 Å². The highest BCUT2D eigenvalue weighted by Gasteiger charge is 2.41. The lowest BCUT2D eigenvalue weighted by Crippen LogP contribution is -2.42. The number of nitrogens with one attached hydrogen (secondary N) is 1. The van der Waals surface area contributed by atoms with E-state index in [-0.39, 0.29) is 24.3 Å². The van der Waals surface area contributed by atoms with Gasteiger partial charge in [-0.15, -0.1) is 0 Å². The minimum Gasteiger partial charge on any atom is -0.481 e. The molecule has 1 aliphatic rings. The molecule has 0 bridgehead atoms. The Balaban J connectivity index is 2.55. The number of rotatable bonds is 6. The van der Waals surface area contributed by atoms with Crippen LogP contribution in [0.25, 0.3) is 0 Å². The van der Waals surface area contributed by atoms with Crippen LogP contribution in [0.3, 0.4) is 0 Å². The van der Waals surface area contributed by atoms with Gasteiger partial charge in [0.2, 0.25) is 5.91 Å². The van der Waals surface area contributed by atoms with Crippen LogP contribution in [0, 0.1) is 10.8 Å². The molecule has 0 aromatic rings. The molecule has 5 heteroatoms. The molecule has 3 N–H and O–H groups in total. The van der Waals surface area contributed by atoms with Crippen LogP contribution in [0.5, 0.6) is 0 Å². The monoisotopic (exact) mass is 271 g/mol. The average Bonchev–Trinajstić information content (AvgIpc) is 2.37. The summed E-state index contributed by atoms with van der Waals surface area (Å²) in [6.45, 7) is 4.04. The molecule has 1 amide bonds. The third kappa shape index (κ3) is 4.49. The normalized spacial score (nSPS) is 18.9. The summed E-state index contributed by atoms with van der Waals surface area (Å²) in [5.41, 5.74) is -1.26. The van der Waals surface area contributed by atoms with E-state index >= 15 is 0 Å². The Morgan fingerprint density at radius 1 is 1.21 bits per heavy atom. The molecule has 1 fully saturated rings. The molecule has 1 saturated carbocycles. The summed E-state index contributed by atoms with van der Waals surface area (Å²) in [7, 11) is 0. The van der Waals surface area contributed by atoms with Crippen molar-refractivity contribution in [3.63, 3.8) is 0 Å². The van der Waals surface area contributed by atoms with Gasteiger partial charge in [-0.2, -0.15) is 0 Å². The molecule has 0 heterocycles. The summed E-state index contributed by atoms with van der Waals surface area (Å²) in [6.07, 6.45) is 4.01. The molecule has 0 spiro atoms. The molecular weight excluding hydrogens is 246 g/mol. The van der Waals surface area contributed by atoms with Crippen molar-refractivity contribution in [1.29, 1.82) is 0 Å². The standard InChI is InChI=1S/C14H25NO4/c1-13(2,10-16)9-15-11(17)8-14(12(18)19)6-4-3-5-7-14/h16H,3-10H2,1-2H3,(H,15,17)(H,18,19). The number of aliphatic hydroxyl groups excluding tert-OH is 1. The quantitative estimate of drug-likeness (QED) is 0.684. The molecule has 1 rings (SSSR count). The van der Waals surface area contributed by atoms with Crippen molar-refractivity contribution < 1.29 is 19.8 Å². The van der Waals surface area contributed by atoms with Gasteiger partial charge in [-0.3, -0.25) is 9.59 Å². The van der Waals surface area contributed by atoms with Gasteiger partial charge >= 0.3 is 5.97 Å². The first-order chi connectivity index (χ1) is 8.81. The highest BCUT2D eigenvalue weighted by molar-refractivity contribution is 5.85. The number of carbonyl (C=O) groups is 2. The van der Waals surface area contributed by atoms with Gasteiger partial charge in [-0.05, 0) is 12.8 Å². The minimum atomic E-state index is -0.883. The third-order valence-corrected chi connectivity index (χ3v) is 3.96. The zero-order chi connectivity index (χ0) is 14.5. The Labute approximate surface area is 114 Å². The van der Waals surface area contributed by atoms with Crippen molar-refractivity contribution in [3.05, 3.63) is 0 Å². The molecule has 1 aliphatic carbocycles. The highest BCUT2D eigenvalue weighted by Crippen LogP contribution is 2.39. The molecule has 5 nitrogen and oxygen atoms in total. The van der Waals surface area contributed by atoms with Gasteiger partial charge in [0.15, 0.2) is 0 Å². The maximum atomic E-state index is 11.9. The minimum absolute atomic E-state index is 0.0165. The molecule has 0 aliphatic heterocycles. The molecule has 0 radical (unpaired) electrons. The molecule has 0 atom stereocenters. The fraction of sp³-hybridized carbons (Fsp3) is 0.857. The van der Waals surface area contributed by atoms with E-state index in [0.717, 1.165) is 19.3 Å². The Morgan fingerprint density at radius 3 is 2.26 bits per heavy atom. The Hall–Kier alpha value is -1.10. The summed E-state index contributed by atoms with van der Waals surface area (Å²) >= 11 is 0. The first kappa shape index (κ1) is 16.0. The summed E-state index contributed by atoms with van der Waals surface area (Å²) in [5, 5.41) is 21.3. The van der Waals surface area contributed by atoms with Crippen molar-refractivity contribution in [2.45, 2.75) is 52.4 Å². The van der Waals surface area contributed by atoms with E-state index in [9.17, 15) is 14.7 Å². The molecule has 0 aromatic carbocycles. The van der Waals surface area contributed by atoms with Crippen LogP contribution in [0.1, 0.15) is 52.4 Å². The van der Waals surface area contributed by atoms with E-state index in [4.69, 9.17) is 5.11 Å². The van der Waals surface area contributed by atoms with E-state index in [0.29, 0.717) is 19.4 Å². The number of carboxylic acids is 1. The van der Waals surface area contributed by atoms with Gasteiger partial charge in [0.1, 0.15) is 0 Å². The fourth-order valence-corrected chi connectivity index (χ4v) is 2.46. The van der Waals surface area contributed by atoms with Gasteiger partial charge in [-0.1, -0.05) is 33.1 Å². The van der Waals surface area contributed by atoms with Crippen LogP contribution in [0.4, 0.5) is 0 Å². The van der Waals surface area contributed by atoms with E-state index < -0.39 is 11.4 Å². The molecule has 19 heavy (non-hydrogen) atoms. The van der Waals surface area contributed by atoms with E-state index in [1.54, 1.807) is 0 Å². The predicted molar refractivity (Wildman–Crippen MR) is 71.6 cm³/mol. The van der Waals surface area contributed by atoms with Gasteiger partial charge in [-0.25, -0.2) is 0 Å². The van der Waals surface area contributed by atoms with Crippen LogP contribution in [-0.4, -0.2) is 35.2 Å². The van der Waals surface area contributed by atoms with Crippen LogP contribution in [0.2, 0.25) is 0 Å². The lowest BCUT2D eigenvalue weighted by atomic mass is 9.71. The van der Waals surface area contributed by atoms with Gasteiger partial charge in [0.05, 0.1) is 5.41 Å². The van der Waals surface area contributed by atoms with Crippen molar-refractivity contribution in [2.24, 2.45) is 10.8 Å². The van der Waals surface area contributed by atoms with Crippen LogP contribution < -0.4 is 5.32 Å². The fourth-order valence-electron chi connectivity index (χ4n) is 2.46. The molecule has 0 saturated heterocycles. The SMILES string of the molecule is CC(C)(CO)CNC(=O)CC1(C(=O)O)CCCCC1. The highest BCUT2D eigenvalue weighted by atomic mass is 16.4. The zero-order valence-electron chi connectivity index (χ0n) is 11.9. The first-order valence-corrected chi connectivity index (χ1v) is 6.92. The lowest BCUT2D eigenvalue weighted by Gasteiger charge is -2.33. The zero-order valence-corrected chi connectivity index (χ0v) is 11.9. The van der Waals surface area contributed by atoms with E-state index in [1.807, 2.05) is 13.8 Å². The number of carbonyl (C=O) groups excluding carboxylic acids is 1. The Bertz CT molecular complexity index is 332. The van der Waals surface area contributed by atoms with Crippen LogP contribution in [-0.2, 0) is 9.59 Å². The second-order valence-electron chi connectivity index (χ2n) is 6.42. The average molecular weight is 271 g/mol. The van der Waals surface area contributed by atoms with E-state index in [2.05, 4.69) is 5.32 Å². The van der Waals surface area contributed by atoms with Gasteiger partial charge < -0.3 is 15.5 Å². The van der Waals surface area contributed by atoms with Gasteiger partial charge in [0.25, 0.3) is 0 Å². The number of amides is 1. The third-order valence-electron chi connectivity index (χ3n) is 3.96. The lowest BCUT2D eigenvalue weighted by molar-refractivity contribution is -0.154. The predicted octanol–water partition coefficient (Wildman–Crippen LogP) is 1.55. The maximum Gasteiger partial charge on any atom is 0.310 e. The number of aliphatic hydroxyl groups is 1. The van der Waals surface area contributed by atoms with Crippen molar-refractivity contribution in [1.82, 2.24) is 5.32 Å². The van der Waals surface area contributed by atoms with Gasteiger partial charge in [0, 0.05) is 25.0 Å². The smallest absolute Gasteiger partial charge is 0.310 e. The number of hydrogen-bond acceptors (Lipinski definition) is 3. The first-order valence-electron chi connectivity index (χ1n) is 6.92. The molecule has 0 unspecified atom stereocenters. The Morgan fingerprint density at radius 2 is 1.79 bits per heavy atom. The molecule has 0 aromatic heterocycles. The summed E-state index contributed by atoms with van der Waals surface area (Å²) in [5.74, 6) is -1.09. The van der Waals surface area contributed by atoms with Crippen LogP contribution >= 0.6 is 0 Å². The number of aliphatic carboxylic acids is 1. The second-order valence-corrected chi connectivity index (χ2v) is 6.42. The van der Waals surface area contributed by atoms with Crippen molar-refractivity contribution in [2.75, 3.05) is 13.2 Å².